The van der Waals surface area contributed by atoms with Crippen molar-refractivity contribution in [3.63, 3.8) is 0 Å². The van der Waals surface area contributed by atoms with Crippen molar-refractivity contribution in [2.24, 2.45) is 4.99 Å². The largest absolute Gasteiger partial charge is 0.497 e. The molecule has 1 amide bonds. The van der Waals surface area contributed by atoms with Crippen molar-refractivity contribution in [2.45, 2.75) is 0 Å². The molecule has 4 nitrogen and oxygen atoms in total. The number of methoxy groups -OCH3 is 1. The number of thioether (sulfide) groups is 1. The lowest BCUT2D eigenvalue weighted by molar-refractivity contribution is -0.115. The highest BCUT2D eigenvalue weighted by atomic mass is 32.2. The predicted molar refractivity (Wildman–Crippen MR) is 90.2 cm³/mol. The van der Waals surface area contributed by atoms with Gasteiger partial charge in [-0.1, -0.05) is 30.3 Å². The van der Waals surface area contributed by atoms with E-state index in [-0.39, 0.29) is 5.91 Å². The van der Waals surface area contributed by atoms with Crippen LogP contribution in [0, 0.1) is 0 Å². The first kappa shape index (κ1) is 14.4. The number of carbonyl (C=O) groups is 1. The zero-order valence-corrected chi connectivity index (χ0v) is 12.8. The molecule has 1 fully saturated rings. The van der Waals surface area contributed by atoms with Crippen molar-refractivity contribution in [1.29, 1.82) is 0 Å². The van der Waals surface area contributed by atoms with Crippen LogP contribution in [-0.2, 0) is 4.79 Å². The topological polar surface area (TPSA) is 50.7 Å². The van der Waals surface area contributed by atoms with Crippen LogP contribution in [0.5, 0.6) is 5.75 Å². The standard InChI is InChI=1S/C17H14N2O2S/c1-21-14-9-7-13(8-10-14)18-17-19-16(20)15(22-17)11-12-5-3-2-4-6-12/h2-11H,1H3,(H,18,19,20). The van der Waals surface area contributed by atoms with Gasteiger partial charge in [-0.3, -0.25) is 4.79 Å². The van der Waals surface area contributed by atoms with E-state index in [9.17, 15) is 4.79 Å². The summed E-state index contributed by atoms with van der Waals surface area (Å²) in [6.45, 7) is 0. The van der Waals surface area contributed by atoms with Crippen LogP contribution >= 0.6 is 11.8 Å². The van der Waals surface area contributed by atoms with E-state index in [2.05, 4.69) is 10.3 Å². The highest BCUT2D eigenvalue weighted by molar-refractivity contribution is 8.18. The summed E-state index contributed by atoms with van der Waals surface area (Å²) in [5.74, 6) is 0.651. The molecule has 2 aromatic rings. The van der Waals surface area contributed by atoms with Gasteiger partial charge in [0, 0.05) is 0 Å². The molecule has 22 heavy (non-hydrogen) atoms. The van der Waals surface area contributed by atoms with Gasteiger partial charge in [0.1, 0.15) is 5.75 Å². The Hall–Kier alpha value is -2.53. The Kier molecular flexibility index (Phi) is 4.25. The summed E-state index contributed by atoms with van der Waals surface area (Å²) in [6, 6.07) is 17.1. The zero-order chi connectivity index (χ0) is 15.4. The minimum Gasteiger partial charge on any atom is -0.497 e. The number of rotatable bonds is 3. The van der Waals surface area contributed by atoms with Gasteiger partial charge in [-0.15, -0.1) is 0 Å². The van der Waals surface area contributed by atoms with E-state index >= 15 is 0 Å². The molecular formula is C17H14N2O2S. The Bertz CT molecular complexity index is 737. The molecule has 0 bridgehead atoms. The smallest absolute Gasteiger partial charge is 0.264 e. The van der Waals surface area contributed by atoms with E-state index in [0.29, 0.717) is 10.1 Å². The van der Waals surface area contributed by atoms with Gasteiger partial charge < -0.3 is 10.1 Å². The summed E-state index contributed by atoms with van der Waals surface area (Å²) in [6.07, 6.45) is 1.86. The first-order valence-electron chi connectivity index (χ1n) is 6.73. The summed E-state index contributed by atoms with van der Waals surface area (Å²) in [7, 11) is 1.62. The maximum atomic E-state index is 12.0. The first-order valence-corrected chi connectivity index (χ1v) is 7.55. The summed E-state index contributed by atoms with van der Waals surface area (Å²) in [5, 5.41) is 3.36. The van der Waals surface area contributed by atoms with Crippen molar-refractivity contribution in [1.82, 2.24) is 5.32 Å². The molecule has 1 aliphatic heterocycles. The van der Waals surface area contributed by atoms with Gasteiger partial charge in [0.05, 0.1) is 17.7 Å². The first-order chi connectivity index (χ1) is 10.7. The van der Waals surface area contributed by atoms with Gasteiger partial charge in [-0.2, -0.15) is 0 Å². The number of amides is 1. The molecule has 110 valence electrons. The number of benzene rings is 2. The molecule has 1 N–H and O–H groups in total. The average Bonchev–Trinajstić information content (AvgIpc) is 2.88. The molecule has 0 radical (unpaired) electrons. The van der Waals surface area contributed by atoms with E-state index in [1.807, 2.05) is 60.7 Å². The summed E-state index contributed by atoms with van der Waals surface area (Å²) < 4.78 is 5.11. The average molecular weight is 310 g/mol. The van der Waals surface area contributed by atoms with Crippen molar-refractivity contribution in [2.75, 3.05) is 7.11 Å². The van der Waals surface area contributed by atoms with Crippen LogP contribution in [0.25, 0.3) is 6.08 Å². The van der Waals surface area contributed by atoms with Crippen LogP contribution in [0.1, 0.15) is 5.56 Å². The second-order valence-corrected chi connectivity index (χ2v) is 5.62. The molecule has 0 spiro atoms. The Morgan fingerprint density at radius 3 is 2.50 bits per heavy atom. The van der Waals surface area contributed by atoms with Gasteiger partial charge in [0.15, 0.2) is 5.17 Å². The van der Waals surface area contributed by atoms with Crippen LogP contribution in [0.3, 0.4) is 0 Å². The number of nitrogens with one attached hydrogen (secondary N) is 1. The van der Waals surface area contributed by atoms with E-state index < -0.39 is 0 Å². The normalized spacial score (nSPS) is 17.8. The summed E-state index contributed by atoms with van der Waals surface area (Å²) in [4.78, 5) is 17.0. The molecule has 0 aromatic heterocycles. The zero-order valence-electron chi connectivity index (χ0n) is 11.9. The molecular weight excluding hydrogens is 296 g/mol. The fourth-order valence-electron chi connectivity index (χ4n) is 1.96. The molecule has 1 saturated heterocycles. The number of aliphatic imine (C=N–C) groups is 1. The fraction of sp³-hybridized carbons (Fsp3) is 0.0588. The minimum absolute atomic E-state index is 0.124. The van der Waals surface area contributed by atoms with E-state index in [0.717, 1.165) is 17.0 Å². The van der Waals surface area contributed by atoms with Gasteiger partial charge in [-0.25, -0.2) is 4.99 Å². The minimum atomic E-state index is -0.124. The van der Waals surface area contributed by atoms with Crippen molar-refractivity contribution in [3.8, 4) is 5.75 Å². The molecule has 1 aliphatic rings. The summed E-state index contributed by atoms with van der Waals surface area (Å²) in [5.41, 5.74) is 1.76. The van der Waals surface area contributed by atoms with E-state index in [4.69, 9.17) is 4.74 Å². The molecule has 2 aromatic carbocycles. The third-order valence-electron chi connectivity index (χ3n) is 3.05. The SMILES string of the molecule is COc1ccc(N=C2NC(=O)C(=Cc3ccccc3)S2)cc1. The number of amidine groups is 1. The molecule has 5 heteroatoms. The van der Waals surface area contributed by atoms with Crippen molar-refractivity contribution in [3.05, 3.63) is 65.1 Å². The lowest BCUT2D eigenvalue weighted by atomic mass is 10.2. The molecule has 1 heterocycles. The van der Waals surface area contributed by atoms with Gasteiger partial charge in [0.25, 0.3) is 5.91 Å². The molecule has 0 aliphatic carbocycles. The van der Waals surface area contributed by atoms with Gasteiger partial charge in [-0.05, 0) is 47.7 Å². The highest BCUT2D eigenvalue weighted by Crippen LogP contribution is 2.28. The maximum absolute atomic E-state index is 12.0. The van der Waals surface area contributed by atoms with Crippen LogP contribution in [0.2, 0.25) is 0 Å². The lowest BCUT2D eigenvalue weighted by Crippen LogP contribution is -2.19. The molecule has 0 saturated carbocycles. The number of ether oxygens (including phenoxy) is 1. The maximum Gasteiger partial charge on any atom is 0.264 e. The molecule has 0 atom stereocenters. The van der Waals surface area contributed by atoms with Crippen molar-refractivity contribution < 1.29 is 9.53 Å². The van der Waals surface area contributed by atoms with E-state index in [1.165, 1.54) is 11.8 Å². The highest BCUT2D eigenvalue weighted by Gasteiger charge is 2.23. The summed E-state index contributed by atoms with van der Waals surface area (Å²) >= 11 is 1.34. The fourth-order valence-corrected chi connectivity index (χ4v) is 2.80. The second kappa shape index (κ2) is 6.49. The van der Waals surface area contributed by atoms with Crippen LogP contribution < -0.4 is 10.1 Å². The third kappa shape index (κ3) is 3.38. The lowest BCUT2D eigenvalue weighted by Gasteiger charge is -1.99. The monoisotopic (exact) mass is 310 g/mol. The number of hydrogen-bond acceptors (Lipinski definition) is 4. The molecule has 0 unspecified atom stereocenters. The van der Waals surface area contributed by atoms with E-state index in [1.54, 1.807) is 7.11 Å². The van der Waals surface area contributed by atoms with Crippen LogP contribution in [0.4, 0.5) is 5.69 Å². The molecule has 3 rings (SSSR count). The van der Waals surface area contributed by atoms with Crippen LogP contribution in [0.15, 0.2) is 64.5 Å². The van der Waals surface area contributed by atoms with Crippen molar-refractivity contribution >= 4 is 34.6 Å². The number of nitrogens with zero attached hydrogens (tertiary/aromatic N) is 1. The third-order valence-corrected chi connectivity index (χ3v) is 3.96. The Balaban J connectivity index is 1.79. The Labute approximate surface area is 132 Å². The number of hydrogen-bond donors (Lipinski definition) is 1. The predicted octanol–water partition coefficient (Wildman–Crippen LogP) is 3.59. The quantitative estimate of drug-likeness (QED) is 0.882. The van der Waals surface area contributed by atoms with Crippen LogP contribution in [-0.4, -0.2) is 18.2 Å². The number of carbonyl (C=O) groups excluding carboxylic acids is 1. The van der Waals surface area contributed by atoms with Gasteiger partial charge in [0.2, 0.25) is 0 Å². The Morgan fingerprint density at radius 2 is 1.82 bits per heavy atom. The second-order valence-electron chi connectivity index (χ2n) is 4.59. The Morgan fingerprint density at radius 1 is 1.09 bits per heavy atom. The van der Waals surface area contributed by atoms with Gasteiger partial charge >= 0.3 is 0 Å².